The summed E-state index contributed by atoms with van der Waals surface area (Å²) in [5, 5.41) is 19.5. The molecule has 0 aromatic heterocycles. The molecule has 25 heteroatoms. The lowest BCUT2D eigenvalue weighted by atomic mass is 9.98. The molecule has 0 aliphatic rings. The number of primary amides is 1. The number of hydrogen-bond donors (Lipinski definition) is 12. The lowest BCUT2D eigenvalue weighted by molar-refractivity contribution is -0.136. The number of sulfonamides is 1. The second-order valence-electron chi connectivity index (χ2n) is 23.5. The first-order chi connectivity index (χ1) is 39.6. The highest BCUT2D eigenvalue weighted by atomic mass is 35.5. The number of amides is 8. The Balaban J connectivity index is 2.46. The lowest BCUT2D eigenvalue weighted by Crippen LogP contribution is -2.60. The van der Waals surface area contributed by atoms with E-state index in [9.17, 15) is 46.8 Å². The summed E-state index contributed by atoms with van der Waals surface area (Å²) in [7, 11) is -4.37. The summed E-state index contributed by atoms with van der Waals surface area (Å²) in [6.07, 6.45) is 3.99. The summed E-state index contributed by atoms with van der Waals surface area (Å²) in [6, 6.07) is 5.88. The van der Waals surface area contributed by atoms with E-state index in [-0.39, 0.29) is 91.6 Å². The van der Waals surface area contributed by atoms with Crippen molar-refractivity contribution in [3.63, 3.8) is 0 Å². The molecular formula is C59H100ClN13O10S. The van der Waals surface area contributed by atoms with Gasteiger partial charge in [-0.2, -0.15) is 4.31 Å². The zero-order chi connectivity index (χ0) is 63.1. The number of unbranched alkanes of at least 4 members (excludes halogenated alkanes) is 3. The molecule has 2 aromatic rings. The molecule has 2 rings (SSSR count). The molecule has 17 N–H and O–H groups in total. The van der Waals surface area contributed by atoms with Gasteiger partial charge in [-0.25, -0.2) is 8.42 Å². The van der Waals surface area contributed by atoms with Crippen LogP contribution in [0.2, 0.25) is 5.02 Å². The van der Waals surface area contributed by atoms with E-state index in [1.54, 1.807) is 0 Å². The summed E-state index contributed by atoms with van der Waals surface area (Å²) in [5.74, 6) is -6.08. The van der Waals surface area contributed by atoms with Gasteiger partial charge in [-0.05, 0) is 157 Å². The van der Waals surface area contributed by atoms with Gasteiger partial charge in [-0.1, -0.05) is 103 Å². The predicted octanol–water partition coefficient (Wildman–Crippen LogP) is 2.35. The van der Waals surface area contributed by atoms with E-state index < -0.39 is 112 Å². The summed E-state index contributed by atoms with van der Waals surface area (Å²) in [6.45, 7) is 14.7. The normalized spacial score (nSPS) is 14.6. The zero-order valence-electron chi connectivity index (χ0n) is 50.8. The minimum atomic E-state index is -4.37. The summed E-state index contributed by atoms with van der Waals surface area (Å²) in [4.78, 5) is 112. The zero-order valence-corrected chi connectivity index (χ0v) is 52.3. The molecule has 0 unspecified atom stereocenters. The van der Waals surface area contributed by atoms with Gasteiger partial charge in [0, 0.05) is 17.6 Å². The fourth-order valence-corrected chi connectivity index (χ4v) is 11.2. The van der Waals surface area contributed by atoms with Crippen LogP contribution in [0.3, 0.4) is 0 Å². The number of rotatable bonds is 42. The number of nitrogens with zero attached hydrogens (tertiary/aromatic N) is 1. The Labute approximate surface area is 503 Å². The second-order valence-corrected chi connectivity index (χ2v) is 25.8. The van der Waals surface area contributed by atoms with Crippen LogP contribution in [0.25, 0.3) is 0 Å². The Bertz CT molecular complexity index is 2490. The number of halogens is 1. The molecule has 0 saturated carbocycles. The first kappa shape index (κ1) is 74.3. The molecule has 23 nitrogen and oxygen atoms in total. The van der Waals surface area contributed by atoms with Gasteiger partial charge >= 0.3 is 0 Å². The first-order valence-corrected chi connectivity index (χ1v) is 31.5. The van der Waals surface area contributed by atoms with Crippen molar-refractivity contribution in [2.75, 3.05) is 32.7 Å². The van der Waals surface area contributed by atoms with Crippen molar-refractivity contribution in [3.8, 4) is 0 Å². The standard InChI is InChI=1S/C59H100ClN13O10S/c1-37(2)29-48(53(65)75)69-58(80)50(31-39(5)6)71-56(78)47(25-14-17-28-63)67-55(77)46(24-13-16-27-62)68-57(79)49(30-38(3)4)72-59(81)51(32-40(7)8)70-54(76)45(23-12-15-26-61)66-52(74)36-73(35-43(64)33-41-19-10-9-11-20-41)84(82,83)44-22-18-21-42(60)34-44/h9-11,18-22,34,37-40,43,45-51H,12-17,23-33,35-36,61-64H2,1-8H3,(H2,65,75)(H,66,74)(H,67,77)(H,68,79)(H,69,80)(H,70,76)(H,71,78)(H,72,81)/t43-,45-,46-,47-,48-,49-,50-,51-/m0/s1. The SMILES string of the molecule is CC(C)C[C@H](NC(=O)[C@H](CC(C)C)NC(=O)[C@H](CCCCN)NC(=O)[C@H](CCCCN)NC(=O)[C@H](CC(C)C)NC(=O)[C@H](CC(C)C)NC(=O)[C@H](CCCCN)NC(=O)CN(C[C@@H](N)Cc1ccccc1)S(=O)(=O)c1cccc(Cl)c1)C(N)=O. The number of nitrogens with two attached hydrogens (primary N) is 5. The summed E-state index contributed by atoms with van der Waals surface area (Å²) >= 11 is 6.20. The molecule has 8 amide bonds. The highest BCUT2D eigenvalue weighted by Gasteiger charge is 2.36. The molecule has 0 bridgehead atoms. The van der Waals surface area contributed by atoms with Gasteiger partial charge in [0.1, 0.15) is 42.3 Å². The fourth-order valence-electron chi connectivity index (χ4n) is 9.41. The number of carbonyl (C=O) groups excluding carboxylic acids is 8. The molecule has 0 aliphatic carbocycles. The Kier molecular flexibility index (Phi) is 34.5. The van der Waals surface area contributed by atoms with Crippen molar-refractivity contribution in [1.82, 2.24) is 41.5 Å². The molecule has 2 aromatic carbocycles. The Hall–Kier alpha value is -5.76. The molecular weight excluding hydrogens is 1120 g/mol. The van der Waals surface area contributed by atoms with E-state index in [0.717, 1.165) is 9.87 Å². The average molecular weight is 1220 g/mol. The maximum absolute atomic E-state index is 14.5. The van der Waals surface area contributed by atoms with Gasteiger partial charge in [0.05, 0.1) is 11.4 Å². The van der Waals surface area contributed by atoms with Crippen molar-refractivity contribution in [1.29, 1.82) is 0 Å². The maximum atomic E-state index is 14.5. The minimum absolute atomic E-state index is 0.0252. The largest absolute Gasteiger partial charge is 0.368 e. The Morgan fingerprint density at radius 2 is 0.845 bits per heavy atom. The fraction of sp³-hybridized carbons (Fsp3) is 0.661. The van der Waals surface area contributed by atoms with Crippen molar-refractivity contribution < 1.29 is 46.8 Å². The third kappa shape index (κ3) is 28.4. The third-order valence-electron chi connectivity index (χ3n) is 13.7. The van der Waals surface area contributed by atoms with Crippen LogP contribution in [0.1, 0.15) is 144 Å². The van der Waals surface area contributed by atoms with E-state index in [1.165, 1.54) is 24.3 Å². The molecule has 84 heavy (non-hydrogen) atoms. The molecule has 8 atom stereocenters. The number of hydrogen-bond acceptors (Lipinski definition) is 14. The van der Waals surface area contributed by atoms with Crippen molar-refractivity contribution in [2.24, 2.45) is 52.3 Å². The van der Waals surface area contributed by atoms with E-state index in [1.807, 2.05) is 85.7 Å². The monoisotopic (exact) mass is 1220 g/mol. The molecule has 0 aliphatic heterocycles. The van der Waals surface area contributed by atoms with Crippen LogP contribution in [-0.4, -0.2) is 141 Å². The van der Waals surface area contributed by atoms with Crippen molar-refractivity contribution in [2.45, 2.75) is 199 Å². The van der Waals surface area contributed by atoms with Crippen LogP contribution in [-0.2, 0) is 54.8 Å². The third-order valence-corrected chi connectivity index (χ3v) is 15.7. The van der Waals surface area contributed by atoms with Gasteiger partial charge in [-0.3, -0.25) is 38.4 Å². The molecule has 0 spiro atoms. The topological polar surface area (TPSA) is 388 Å². The summed E-state index contributed by atoms with van der Waals surface area (Å²) < 4.78 is 29.3. The van der Waals surface area contributed by atoms with Crippen LogP contribution >= 0.6 is 11.6 Å². The quantitative estimate of drug-likeness (QED) is 0.0425. The van der Waals surface area contributed by atoms with Crippen LogP contribution in [0, 0.1) is 23.7 Å². The van der Waals surface area contributed by atoms with Gasteiger partial charge in [0.15, 0.2) is 0 Å². The Morgan fingerprint density at radius 1 is 0.488 bits per heavy atom. The maximum Gasteiger partial charge on any atom is 0.243 e. The van der Waals surface area contributed by atoms with Crippen molar-refractivity contribution in [3.05, 3.63) is 65.2 Å². The van der Waals surface area contributed by atoms with Crippen LogP contribution in [0.15, 0.2) is 59.5 Å². The Morgan fingerprint density at radius 3 is 1.21 bits per heavy atom. The van der Waals surface area contributed by atoms with Crippen LogP contribution < -0.4 is 65.9 Å². The van der Waals surface area contributed by atoms with E-state index in [0.29, 0.717) is 58.0 Å². The highest BCUT2D eigenvalue weighted by molar-refractivity contribution is 7.89. The highest BCUT2D eigenvalue weighted by Crippen LogP contribution is 2.21. The minimum Gasteiger partial charge on any atom is -0.368 e. The van der Waals surface area contributed by atoms with Gasteiger partial charge in [0.2, 0.25) is 57.3 Å². The van der Waals surface area contributed by atoms with Gasteiger partial charge in [-0.15, -0.1) is 0 Å². The van der Waals surface area contributed by atoms with Gasteiger partial charge < -0.3 is 65.9 Å². The molecule has 0 saturated heterocycles. The van der Waals surface area contributed by atoms with E-state index in [2.05, 4.69) is 37.2 Å². The smallest absolute Gasteiger partial charge is 0.243 e. The van der Waals surface area contributed by atoms with E-state index >= 15 is 0 Å². The van der Waals surface area contributed by atoms with E-state index in [4.69, 9.17) is 40.3 Å². The first-order valence-electron chi connectivity index (χ1n) is 29.7. The number of carbonyl (C=O) groups is 8. The van der Waals surface area contributed by atoms with Gasteiger partial charge in [0.25, 0.3) is 0 Å². The number of benzene rings is 2. The average Bonchev–Trinajstić information content (AvgIpc) is 3.60. The predicted molar refractivity (Wildman–Crippen MR) is 328 cm³/mol. The van der Waals surface area contributed by atoms with Crippen LogP contribution in [0.4, 0.5) is 0 Å². The summed E-state index contributed by atoms with van der Waals surface area (Å²) in [5.41, 5.74) is 30.4. The molecule has 474 valence electrons. The molecule has 0 radical (unpaired) electrons. The van der Waals surface area contributed by atoms with Crippen molar-refractivity contribution >= 4 is 68.9 Å². The van der Waals surface area contributed by atoms with Crippen LogP contribution in [0.5, 0.6) is 0 Å². The molecule has 0 heterocycles. The number of nitrogens with one attached hydrogen (secondary N) is 7. The second kappa shape index (κ2) is 39.0. The lowest BCUT2D eigenvalue weighted by Gasteiger charge is -2.29. The molecule has 0 fully saturated rings.